The maximum Gasteiger partial charge on any atom is 0.408 e. The number of benzene rings is 2. The van der Waals surface area contributed by atoms with Crippen LogP contribution in [0, 0.1) is 0 Å². The van der Waals surface area contributed by atoms with Crippen LogP contribution in [0.5, 0.6) is 0 Å². The highest BCUT2D eigenvalue weighted by molar-refractivity contribution is 5.97. The number of hydrogen-bond donors (Lipinski definition) is 2. The molecule has 128 valence electrons. The first-order valence-electron chi connectivity index (χ1n) is 7.89. The second kappa shape index (κ2) is 6.51. The first-order chi connectivity index (χ1) is 11.2. The lowest BCUT2D eigenvalue weighted by molar-refractivity contribution is -0.126. The largest absolute Gasteiger partial charge is 0.444 e. The van der Waals surface area contributed by atoms with Gasteiger partial charge in [-0.2, -0.15) is 0 Å². The van der Waals surface area contributed by atoms with Crippen LogP contribution in [0.1, 0.15) is 33.3 Å². The summed E-state index contributed by atoms with van der Waals surface area (Å²) in [4.78, 5) is 24.9. The molecule has 5 heteroatoms. The van der Waals surface area contributed by atoms with Gasteiger partial charge in [-0.15, -0.1) is 0 Å². The third-order valence-electron chi connectivity index (χ3n) is 3.76. The summed E-state index contributed by atoms with van der Waals surface area (Å²) in [5, 5.41) is 7.26. The zero-order chi connectivity index (χ0) is 18.0. The summed E-state index contributed by atoms with van der Waals surface area (Å²) in [6.07, 6.45) is -0.637. The number of carbonyl (C=O) groups is 2. The fourth-order valence-corrected chi connectivity index (χ4v) is 2.67. The Morgan fingerprint density at radius 3 is 2.21 bits per heavy atom. The van der Waals surface area contributed by atoms with Crippen molar-refractivity contribution in [1.29, 1.82) is 0 Å². The van der Waals surface area contributed by atoms with Crippen molar-refractivity contribution in [2.24, 2.45) is 0 Å². The molecule has 1 atom stereocenters. The first-order valence-corrected chi connectivity index (χ1v) is 7.89. The van der Waals surface area contributed by atoms with E-state index in [1.807, 2.05) is 42.5 Å². The summed E-state index contributed by atoms with van der Waals surface area (Å²) >= 11 is 0. The second-order valence-corrected chi connectivity index (χ2v) is 6.86. The van der Waals surface area contributed by atoms with Gasteiger partial charge in [0.2, 0.25) is 5.91 Å². The van der Waals surface area contributed by atoms with Crippen molar-refractivity contribution in [2.45, 2.75) is 38.8 Å². The van der Waals surface area contributed by atoms with E-state index in [-0.39, 0.29) is 5.91 Å². The molecular formula is C19H24N2O3. The number of rotatable bonds is 3. The molecule has 0 saturated heterocycles. The molecule has 0 radical (unpaired) electrons. The molecule has 0 saturated carbocycles. The Kier molecular flexibility index (Phi) is 4.83. The van der Waals surface area contributed by atoms with Crippen molar-refractivity contribution in [3.05, 3.63) is 48.0 Å². The Hall–Kier alpha value is -2.56. The van der Waals surface area contributed by atoms with Gasteiger partial charge in [0.1, 0.15) is 11.1 Å². The predicted molar refractivity (Wildman–Crippen MR) is 94.7 cm³/mol. The van der Waals surface area contributed by atoms with Crippen molar-refractivity contribution >= 4 is 22.8 Å². The molecule has 0 heterocycles. The standard InChI is InChI=1S/C19H24N2O3/c1-18(2,3)24-17(23)21-19(4,16(22)20-5)15-12-8-10-13-9-6-7-11-14(13)15/h6-12H,1-5H3,(H,20,22)(H,21,23)/t19-/m0/s1. The monoisotopic (exact) mass is 328 g/mol. The molecule has 0 bridgehead atoms. The highest BCUT2D eigenvalue weighted by Crippen LogP contribution is 2.29. The van der Waals surface area contributed by atoms with Gasteiger partial charge in [0, 0.05) is 7.05 Å². The van der Waals surface area contributed by atoms with Crippen LogP contribution >= 0.6 is 0 Å². The minimum Gasteiger partial charge on any atom is -0.444 e. The topological polar surface area (TPSA) is 67.4 Å². The summed E-state index contributed by atoms with van der Waals surface area (Å²) < 4.78 is 5.33. The number of carbonyl (C=O) groups excluding carboxylic acids is 2. The van der Waals surface area contributed by atoms with Gasteiger partial charge in [0.05, 0.1) is 0 Å². The van der Waals surface area contributed by atoms with E-state index < -0.39 is 17.2 Å². The summed E-state index contributed by atoms with van der Waals surface area (Å²) in [5.41, 5.74) is -1.18. The Balaban J connectivity index is 2.51. The van der Waals surface area contributed by atoms with Gasteiger partial charge in [0.15, 0.2) is 0 Å². The van der Waals surface area contributed by atoms with Crippen molar-refractivity contribution in [1.82, 2.24) is 10.6 Å². The van der Waals surface area contributed by atoms with Crippen LogP contribution in [0.15, 0.2) is 42.5 Å². The number of likely N-dealkylation sites (N-methyl/N-ethyl adjacent to an activating group) is 1. The van der Waals surface area contributed by atoms with Crippen LogP contribution < -0.4 is 10.6 Å². The maximum atomic E-state index is 12.6. The van der Waals surface area contributed by atoms with E-state index in [4.69, 9.17) is 4.74 Å². The number of amides is 2. The van der Waals surface area contributed by atoms with Crippen LogP contribution in [-0.2, 0) is 15.1 Å². The average molecular weight is 328 g/mol. The summed E-state index contributed by atoms with van der Waals surface area (Å²) in [7, 11) is 1.54. The van der Waals surface area contributed by atoms with Gasteiger partial charge in [-0.3, -0.25) is 4.79 Å². The molecule has 2 aromatic rings. The molecule has 24 heavy (non-hydrogen) atoms. The maximum absolute atomic E-state index is 12.6. The highest BCUT2D eigenvalue weighted by atomic mass is 16.6. The normalized spacial score (nSPS) is 13.9. The van der Waals surface area contributed by atoms with E-state index in [1.54, 1.807) is 34.7 Å². The molecule has 0 aliphatic carbocycles. The zero-order valence-electron chi connectivity index (χ0n) is 14.8. The van der Waals surface area contributed by atoms with Crippen molar-refractivity contribution in [2.75, 3.05) is 7.05 Å². The van der Waals surface area contributed by atoms with Crippen LogP contribution in [0.2, 0.25) is 0 Å². The van der Waals surface area contributed by atoms with Crippen LogP contribution in [-0.4, -0.2) is 24.6 Å². The van der Waals surface area contributed by atoms with Crippen molar-refractivity contribution in [3.63, 3.8) is 0 Å². The molecule has 2 N–H and O–H groups in total. The van der Waals surface area contributed by atoms with Gasteiger partial charge >= 0.3 is 6.09 Å². The molecular weight excluding hydrogens is 304 g/mol. The third kappa shape index (κ3) is 3.67. The molecule has 0 aromatic heterocycles. The van der Waals surface area contributed by atoms with Gasteiger partial charge in [-0.25, -0.2) is 4.79 Å². The Morgan fingerprint density at radius 2 is 1.58 bits per heavy atom. The van der Waals surface area contributed by atoms with Gasteiger partial charge in [-0.1, -0.05) is 42.5 Å². The first kappa shape index (κ1) is 17.8. The van der Waals surface area contributed by atoms with E-state index in [0.717, 1.165) is 10.8 Å². The minimum atomic E-state index is -1.25. The molecule has 0 aliphatic rings. The number of alkyl carbamates (subject to hydrolysis) is 1. The molecule has 2 rings (SSSR count). The smallest absolute Gasteiger partial charge is 0.408 e. The lowest BCUT2D eigenvalue weighted by Gasteiger charge is -2.31. The average Bonchev–Trinajstić information content (AvgIpc) is 2.51. The lowest BCUT2D eigenvalue weighted by atomic mass is 9.87. The van der Waals surface area contributed by atoms with Gasteiger partial charge < -0.3 is 15.4 Å². The molecule has 0 spiro atoms. The molecule has 2 amide bonds. The second-order valence-electron chi connectivity index (χ2n) is 6.86. The fourth-order valence-electron chi connectivity index (χ4n) is 2.67. The quantitative estimate of drug-likeness (QED) is 0.908. The summed E-state index contributed by atoms with van der Waals surface area (Å²) in [5.74, 6) is -0.315. The molecule has 0 fully saturated rings. The number of fused-ring (bicyclic) bond motifs is 1. The summed E-state index contributed by atoms with van der Waals surface area (Å²) in [6.45, 7) is 7.02. The van der Waals surface area contributed by atoms with Crippen molar-refractivity contribution in [3.8, 4) is 0 Å². The Bertz CT molecular complexity index is 759. The predicted octanol–water partition coefficient (Wildman–Crippen LogP) is 3.33. The SMILES string of the molecule is CNC(=O)[C@@](C)(NC(=O)OC(C)(C)C)c1cccc2ccccc12. The molecule has 0 aliphatic heterocycles. The van der Waals surface area contributed by atoms with E-state index in [0.29, 0.717) is 5.56 Å². The van der Waals surface area contributed by atoms with Crippen LogP contribution in [0.3, 0.4) is 0 Å². The van der Waals surface area contributed by atoms with Crippen LogP contribution in [0.25, 0.3) is 10.8 Å². The number of ether oxygens (including phenoxy) is 1. The van der Waals surface area contributed by atoms with E-state index in [9.17, 15) is 9.59 Å². The number of hydrogen-bond acceptors (Lipinski definition) is 3. The molecule has 5 nitrogen and oxygen atoms in total. The van der Waals surface area contributed by atoms with Gasteiger partial charge in [-0.05, 0) is 44.0 Å². The third-order valence-corrected chi connectivity index (χ3v) is 3.76. The van der Waals surface area contributed by atoms with E-state index in [1.165, 1.54) is 0 Å². The molecule has 0 unspecified atom stereocenters. The minimum absolute atomic E-state index is 0.315. The van der Waals surface area contributed by atoms with Crippen molar-refractivity contribution < 1.29 is 14.3 Å². The Labute approximate surface area is 142 Å². The zero-order valence-corrected chi connectivity index (χ0v) is 14.8. The molecule has 2 aromatic carbocycles. The Morgan fingerprint density at radius 1 is 0.958 bits per heavy atom. The van der Waals surface area contributed by atoms with E-state index >= 15 is 0 Å². The van der Waals surface area contributed by atoms with E-state index in [2.05, 4.69) is 10.6 Å². The van der Waals surface area contributed by atoms with Gasteiger partial charge in [0.25, 0.3) is 0 Å². The van der Waals surface area contributed by atoms with Crippen LogP contribution in [0.4, 0.5) is 4.79 Å². The lowest BCUT2D eigenvalue weighted by Crippen LogP contribution is -2.54. The fraction of sp³-hybridized carbons (Fsp3) is 0.368. The summed E-state index contributed by atoms with van der Waals surface area (Å²) in [6, 6.07) is 13.4. The highest BCUT2D eigenvalue weighted by Gasteiger charge is 2.38. The number of nitrogens with one attached hydrogen (secondary N) is 2.